The molecule has 3 heterocycles. The van der Waals surface area contributed by atoms with E-state index in [1.165, 1.54) is 0 Å². The first-order chi connectivity index (χ1) is 11.5. The molecule has 130 valence electrons. The molecule has 0 atom stereocenters. The first kappa shape index (κ1) is 16.9. The van der Waals surface area contributed by atoms with E-state index in [2.05, 4.69) is 20.3 Å². The van der Waals surface area contributed by atoms with Gasteiger partial charge >= 0.3 is 0 Å². The molecule has 1 fully saturated rings. The fraction of sp³-hybridized carbons (Fsp3) is 0.588. The van der Waals surface area contributed by atoms with Gasteiger partial charge in [-0.25, -0.2) is 9.97 Å². The van der Waals surface area contributed by atoms with Crippen molar-refractivity contribution in [3.05, 3.63) is 23.1 Å². The van der Waals surface area contributed by atoms with E-state index in [4.69, 9.17) is 9.72 Å². The van der Waals surface area contributed by atoms with Crippen LogP contribution in [0.4, 0.5) is 5.82 Å². The first-order valence-corrected chi connectivity index (χ1v) is 8.45. The van der Waals surface area contributed by atoms with Gasteiger partial charge in [-0.05, 0) is 20.8 Å². The van der Waals surface area contributed by atoms with Crippen molar-refractivity contribution in [3.8, 4) is 11.4 Å². The van der Waals surface area contributed by atoms with Crippen molar-refractivity contribution < 1.29 is 4.74 Å². The van der Waals surface area contributed by atoms with Crippen molar-refractivity contribution in [1.29, 1.82) is 0 Å². The Labute approximate surface area is 143 Å². The lowest BCUT2D eigenvalue weighted by Gasteiger charge is -2.26. The van der Waals surface area contributed by atoms with E-state index in [1.807, 2.05) is 38.6 Å². The maximum atomic E-state index is 5.38. The topological polar surface area (TPSA) is 68.1 Å². The highest BCUT2D eigenvalue weighted by Crippen LogP contribution is 2.24. The van der Waals surface area contributed by atoms with Crippen LogP contribution < -0.4 is 5.32 Å². The second-order valence-corrected chi connectivity index (χ2v) is 6.27. The minimum absolute atomic E-state index is 0.743. The van der Waals surface area contributed by atoms with Crippen molar-refractivity contribution in [2.75, 3.05) is 44.7 Å². The molecule has 0 bridgehead atoms. The molecule has 0 saturated carbocycles. The molecule has 7 heteroatoms. The SMILES string of the molecule is Cc1cc(NCCN2CCOCC2)nc(-c2c(C)nn(C)c2C)n1. The van der Waals surface area contributed by atoms with Gasteiger partial charge in [0.05, 0.1) is 24.5 Å². The summed E-state index contributed by atoms with van der Waals surface area (Å²) in [5.74, 6) is 1.61. The van der Waals surface area contributed by atoms with Crippen molar-refractivity contribution in [2.24, 2.45) is 7.05 Å². The van der Waals surface area contributed by atoms with E-state index in [9.17, 15) is 0 Å². The van der Waals surface area contributed by atoms with Gasteiger partial charge in [-0.2, -0.15) is 5.10 Å². The Bertz CT molecular complexity index is 705. The fourth-order valence-electron chi connectivity index (χ4n) is 3.03. The Balaban J connectivity index is 1.71. The number of anilines is 1. The Morgan fingerprint density at radius 3 is 2.58 bits per heavy atom. The molecule has 2 aromatic rings. The van der Waals surface area contributed by atoms with E-state index >= 15 is 0 Å². The summed E-state index contributed by atoms with van der Waals surface area (Å²) in [6, 6.07) is 1.99. The zero-order valence-corrected chi connectivity index (χ0v) is 15.0. The third kappa shape index (κ3) is 3.73. The molecule has 0 aromatic carbocycles. The van der Waals surface area contributed by atoms with Crippen molar-refractivity contribution in [2.45, 2.75) is 20.8 Å². The second-order valence-electron chi connectivity index (χ2n) is 6.27. The van der Waals surface area contributed by atoms with Gasteiger partial charge in [0.15, 0.2) is 5.82 Å². The van der Waals surface area contributed by atoms with E-state index in [0.717, 1.165) is 73.7 Å². The van der Waals surface area contributed by atoms with Crippen LogP contribution in [-0.2, 0) is 11.8 Å². The fourth-order valence-corrected chi connectivity index (χ4v) is 3.03. The summed E-state index contributed by atoms with van der Waals surface area (Å²) in [4.78, 5) is 11.7. The number of hydrogen-bond donors (Lipinski definition) is 1. The molecule has 0 unspecified atom stereocenters. The third-order valence-electron chi connectivity index (χ3n) is 4.42. The van der Waals surface area contributed by atoms with Crippen LogP contribution in [0.2, 0.25) is 0 Å². The minimum Gasteiger partial charge on any atom is -0.379 e. The number of rotatable bonds is 5. The number of nitrogens with one attached hydrogen (secondary N) is 1. The molecule has 1 N–H and O–H groups in total. The molecular weight excluding hydrogens is 304 g/mol. The molecule has 1 aliphatic rings. The van der Waals surface area contributed by atoms with E-state index in [0.29, 0.717) is 0 Å². The monoisotopic (exact) mass is 330 g/mol. The van der Waals surface area contributed by atoms with Crippen molar-refractivity contribution >= 4 is 5.82 Å². The molecule has 0 amide bonds. The predicted octanol–water partition coefficient (Wildman–Crippen LogP) is 1.55. The highest BCUT2D eigenvalue weighted by atomic mass is 16.5. The highest BCUT2D eigenvalue weighted by molar-refractivity contribution is 5.63. The molecule has 1 aliphatic heterocycles. The molecule has 2 aromatic heterocycles. The molecular formula is C17H26N6O. The standard InChI is InChI=1S/C17H26N6O/c1-12-11-15(18-5-6-23-7-9-24-10-8-23)20-17(19-12)16-13(2)21-22(4)14(16)3/h11H,5-10H2,1-4H3,(H,18,19,20). The van der Waals surface area contributed by atoms with Crippen molar-refractivity contribution in [3.63, 3.8) is 0 Å². The maximum absolute atomic E-state index is 5.38. The molecule has 24 heavy (non-hydrogen) atoms. The van der Waals surface area contributed by atoms with Crippen LogP contribution in [0.5, 0.6) is 0 Å². The van der Waals surface area contributed by atoms with Gasteiger partial charge < -0.3 is 10.1 Å². The summed E-state index contributed by atoms with van der Waals surface area (Å²) in [5, 5.41) is 7.90. The van der Waals surface area contributed by atoms with Crippen LogP contribution in [-0.4, -0.2) is 64.0 Å². The minimum atomic E-state index is 0.743. The summed E-state index contributed by atoms with van der Waals surface area (Å²) in [6.07, 6.45) is 0. The maximum Gasteiger partial charge on any atom is 0.165 e. The normalized spacial score (nSPS) is 15.7. The van der Waals surface area contributed by atoms with Crippen molar-refractivity contribution in [1.82, 2.24) is 24.6 Å². The second kappa shape index (κ2) is 7.27. The Hall–Kier alpha value is -1.99. The third-order valence-corrected chi connectivity index (χ3v) is 4.42. The molecule has 0 spiro atoms. The van der Waals surface area contributed by atoms with Crippen LogP contribution in [0.1, 0.15) is 17.1 Å². The van der Waals surface area contributed by atoms with Gasteiger partial charge in [-0.1, -0.05) is 0 Å². The summed E-state index contributed by atoms with van der Waals surface area (Å²) in [7, 11) is 1.95. The summed E-state index contributed by atoms with van der Waals surface area (Å²) >= 11 is 0. The zero-order chi connectivity index (χ0) is 17.1. The zero-order valence-electron chi connectivity index (χ0n) is 15.0. The Morgan fingerprint density at radius 2 is 1.92 bits per heavy atom. The predicted molar refractivity (Wildman–Crippen MR) is 94.2 cm³/mol. The lowest BCUT2D eigenvalue weighted by Crippen LogP contribution is -2.39. The lowest BCUT2D eigenvalue weighted by molar-refractivity contribution is 0.0398. The largest absolute Gasteiger partial charge is 0.379 e. The number of morpholine rings is 1. The lowest BCUT2D eigenvalue weighted by atomic mass is 10.2. The summed E-state index contributed by atoms with van der Waals surface area (Å²) in [5.41, 5.74) is 4.02. The average Bonchev–Trinajstić information content (AvgIpc) is 2.80. The molecule has 1 saturated heterocycles. The molecule has 0 aliphatic carbocycles. The van der Waals surface area contributed by atoms with Gasteiger partial charge in [-0.15, -0.1) is 0 Å². The van der Waals surface area contributed by atoms with Gasteiger partial charge in [0, 0.05) is 50.7 Å². The number of hydrogen-bond acceptors (Lipinski definition) is 6. The highest BCUT2D eigenvalue weighted by Gasteiger charge is 2.15. The number of ether oxygens (including phenoxy) is 1. The molecule has 3 rings (SSSR count). The van der Waals surface area contributed by atoms with E-state index < -0.39 is 0 Å². The van der Waals surface area contributed by atoms with Crippen LogP contribution in [0, 0.1) is 20.8 Å². The van der Waals surface area contributed by atoms with E-state index in [1.54, 1.807) is 0 Å². The Kier molecular flexibility index (Phi) is 5.11. The quantitative estimate of drug-likeness (QED) is 0.897. The number of nitrogens with zero attached hydrogens (tertiary/aromatic N) is 5. The summed E-state index contributed by atoms with van der Waals surface area (Å²) in [6.45, 7) is 11.6. The smallest absolute Gasteiger partial charge is 0.165 e. The average molecular weight is 330 g/mol. The van der Waals surface area contributed by atoms with Crippen LogP contribution in [0.3, 0.4) is 0 Å². The number of aryl methyl sites for hydroxylation is 3. The van der Waals surface area contributed by atoms with Gasteiger partial charge in [0.25, 0.3) is 0 Å². The van der Waals surface area contributed by atoms with E-state index in [-0.39, 0.29) is 0 Å². The van der Waals surface area contributed by atoms with Gasteiger partial charge in [-0.3, -0.25) is 9.58 Å². The summed E-state index contributed by atoms with van der Waals surface area (Å²) < 4.78 is 7.26. The van der Waals surface area contributed by atoms with Crippen LogP contribution >= 0.6 is 0 Å². The van der Waals surface area contributed by atoms with Crippen LogP contribution in [0.25, 0.3) is 11.4 Å². The van der Waals surface area contributed by atoms with Gasteiger partial charge in [0.2, 0.25) is 0 Å². The first-order valence-electron chi connectivity index (χ1n) is 8.45. The van der Waals surface area contributed by atoms with Gasteiger partial charge in [0.1, 0.15) is 5.82 Å². The molecule has 7 nitrogen and oxygen atoms in total. The van der Waals surface area contributed by atoms with Crippen LogP contribution in [0.15, 0.2) is 6.07 Å². The Morgan fingerprint density at radius 1 is 1.17 bits per heavy atom. The molecule has 0 radical (unpaired) electrons. The number of aromatic nitrogens is 4.